The van der Waals surface area contributed by atoms with Crippen LogP contribution in [0.3, 0.4) is 0 Å². The first-order valence-corrected chi connectivity index (χ1v) is 4.21. The van der Waals surface area contributed by atoms with Gasteiger partial charge in [0.2, 0.25) is 0 Å². The zero-order valence-corrected chi connectivity index (χ0v) is 7.26. The number of amides is 1. The number of nitrogens with one attached hydrogen (secondary N) is 1. The van der Waals surface area contributed by atoms with Crippen molar-refractivity contribution in [3.05, 3.63) is 12.2 Å². The van der Waals surface area contributed by atoms with Crippen LogP contribution in [0.4, 0.5) is 0 Å². The molecular formula is C10H13NO. The largest absolute Gasteiger partial charge is 0.342 e. The molecule has 2 nitrogen and oxygen atoms in total. The molecule has 0 radical (unpaired) electrons. The standard InChI is InChI=1S/C10H13NO/c1-2-6-10(12)11-9-7-4-3-5-8-9/h3-4,9H,5,7-8H2,1H3,(H,11,12). The van der Waals surface area contributed by atoms with Crippen molar-refractivity contribution in [1.29, 1.82) is 0 Å². The van der Waals surface area contributed by atoms with E-state index in [0.29, 0.717) is 6.04 Å². The molecule has 1 rings (SSSR count). The van der Waals surface area contributed by atoms with E-state index in [0.717, 1.165) is 19.3 Å². The van der Waals surface area contributed by atoms with Crippen LogP contribution >= 0.6 is 0 Å². The lowest BCUT2D eigenvalue weighted by atomic mass is 10.0. The molecule has 0 spiro atoms. The Bertz CT molecular complexity index is 244. The molecule has 1 N–H and O–H groups in total. The molecule has 2 heteroatoms. The highest BCUT2D eigenvalue weighted by Crippen LogP contribution is 2.09. The van der Waals surface area contributed by atoms with Gasteiger partial charge in [-0.05, 0) is 32.1 Å². The van der Waals surface area contributed by atoms with E-state index in [4.69, 9.17) is 0 Å². The van der Waals surface area contributed by atoms with Gasteiger partial charge in [0.15, 0.2) is 0 Å². The van der Waals surface area contributed by atoms with Gasteiger partial charge in [0.1, 0.15) is 0 Å². The SMILES string of the molecule is CC#CC(=O)NC1CC=CCC1. The fourth-order valence-electron chi connectivity index (χ4n) is 1.26. The van der Waals surface area contributed by atoms with Gasteiger partial charge in [-0.2, -0.15) is 0 Å². The summed E-state index contributed by atoms with van der Waals surface area (Å²) in [5.74, 6) is 4.89. The summed E-state index contributed by atoms with van der Waals surface area (Å²) in [6, 6.07) is 0.295. The van der Waals surface area contributed by atoms with Crippen LogP contribution in [0.25, 0.3) is 0 Å². The molecule has 1 unspecified atom stereocenters. The highest BCUT2D eigenvalue weighted by Gasteiger charge is 2.10. The predicted octanol–water partition coefficient (Wildman–Crippen LogP) is 1.23. The third-order valence-electron chi connectivity index (χ3n) is 1.84. The quantitative estimate of drug-likeness (QED) is 0.457. The van der Waals surface area contributed by atoms with E-state index in [2.05, 4.69) is 29.3 Å². The third kappa shape index (κ3) is 2.79. The number of hydrogen-bond acceptors (Lipinski definition) is 1. The maximum atomic E-state index is 11.0. The van der Waals surface area contributed by atoms with Crippen LogP contribution in [-0.2, 0) is 4.79 Å². The topological polar surface area (TPSA) is 29.1 Å². The van der Waals surface area contributed by atoms with Crippen molar-refractivity contribution in [3.63, 3.8) is 0 Å². The molecule has 0 fully saturated rings. The van der Waals surface area contributed by atoms with Crippen molar-refractivity contribution in [2.24, 2.45) is 0 Å². The number of allylic oxidation sites excluding steroid dienone is 1. The lowest BCUT2D eigenvalue weighted by molar-refractivity contribution is -0.116. The number of hydrogen-bond donors (Lipinski definition) is 1. The molecular weight excluding hydrogens is 150 g/mol. The van der Waals surface area contributed by atoms with Crippen LogP contribution in [-0.4, -0.2) is 11.9 Å². The van der Waals surface area contributed by atoms with E-state index >= 15 is 0 Å². The lowest BCUT2D eigenvalue weighted by Crippen LogP contribution is -2.34. The first-order chi connectivity index (χ1) is 5.83. The first kappa shape index (κ1) is 8.86. The molecule has 1 aliphatic carbocycles. The second-order valence-electron chi connectivity index (χ2n) is 2.83. The van der Waals surface area contributed by atoms with Crippen LogP contribution in [0.1, 0.15) is 26.2 Å². The second kappa shape index (κ2) is 4.61. The highest BCUT2D eigenvalue weighted by molar-refractivity contribution is 5.93. The summed E-state index contributed by atoms with van der Waals surface area (Å²) < 4.78 is 0. The summed E-state index contributed by atoms with van der Waals surface area (Å²) in [5, 5.41) is 2.86. The summed E-state index contributed by atoms with van der Waals surface area (Å²) in [7, 11) is 0. The Kier molecular flexibility index (Phi) is 3.40. The number of rotatable bonds is 1. The van der Waals surface area contributed by atoms with Gasteiger partial charge < -0.3 is 5.32 Å². The van der Waals surface area contributed by atoms with Crippen molar-refractivity contribution in [3.8, 4) is 11.8 Å². The predicted molar refractivity (Wildman–Crippen MR) is 48.4 cm³/mol. The normalized spacial score (nSPS) is 20.9. The molecule has 1 aliphatic rings. The maximum absolute atomic E-state index is 11.0. The highest BCUT2D eigenvalue weighted by atomic mass is 16.1. The Labute approximate surface area is 73.0 Å². The molecule has 0 saturated carbocycles. The lowest BCUT2D eigenvalue weighted by Gasteiger charge is -2.17. The van der Waals surface area contributed by atoms with E-state index in [1.54, 1.807) is 6.92 Å². The number of carbonyl (C=O) groups is 1. The molecule has 0 bridgehead atoms. The summed E-state index contributed by atoms with van der Waals surface area (Å²) >= 11 is 0. The maximum Gasteiger partial charge on any atom is 0.296 e. The zero-order valence-electron chi connectivity index (χ0n) is 7.26. The fraction of sp³-hybridized carbons (Fsp3) is 0.500. The van der Waals surface area contributed by atoms with Gasteiger partial charge in [0.25, 0.3) is 5.91 Å². The summed E-state index contributed by atoms with van der Waals surface area (Å²) in [4.78, 5) is 11.0. The third-order valence-corrected chi connectivity index (χ3v) is 1.84. The van der Waals surface area contributed by atoms with E-state index in [-0.39, 0.29) is 5.91 Å². The van der Waals surface area contributed by atoms with E-state index < -0.39 is 0 Å². The molecule has 12 heavy (non-hydrogen) atoms. The second-order valence-corrected chi connectivity index (χ2v) is 2.83. The molecule has 0 aliphatic heterocycles. The molecule has 0 heterocycles. The van der Waals surface area contributed by atoms with Crippen LogP contribution in [0.5, 0.6) is 0 Å². The summed E-state index contributed by atoms with van der Waals surface area (Å²) in [6.45, 7) is 1.67. The van der Waals surface area contributed by atoms with Crippen molar-refractivity contribution >= 4 is 5.91 Å². The Balaban J connectivity index is 2.34. The van der Waals surface area contributed by atoms with Crippen LogP contribution in [0.15, 0.2) is 12.2 Å². The van der Waals surface area contributed by atoms with E-state index in [1.807, 2.05) is 0 Å². The minimum Gasteiger partial charge on any atom is -0.342 e. The smallest absolute Gasteiger partial charge is 0.296 e. The molecule has 64 valence electrons. The molecule has 0 aromatic carbocycles. The minimum absolute atomic E-state index is 0.155. The summed E-state index contributed by atoms with van der Waals surface area (Å²) in [6.07, 6.45) is 7.29. The minimum atomic E-state index is -0.155. The average molecular weight is 163 g/mol. The van der Waals surface area contributed by atoms with Crippen molar-refractivity contribution < 1.29 is 4.79 Å². The van der Waals surface area contributed by atoms with Gasteiger partial charge in [-0.1, -0.05) is 18.1 Å². The van der Waals surface area contributed by atoms with Gasteiger partial charge in [0, 0.05) is 6.04 Å². The van der Waals surface area contributed by atoms with E-state index in [9.17, 15) is 4.79 Å². The van der Waals surface area contributed by atoms with Crippen molar-refractivity contribution in [1.82, 2.24) is 5.32 Å². The average Bonchev–Trinajstić information content (AvgIpc) is 2.06. The molecule has 0 aromatic heterocycles. The molecule has 1 amide bonds. The Morgan fingerprint density at radius 1 is 1.58 bits per heavy atom. The zero-order chi connectivity index (χ0) is 8.81. The van der Waals surface area contributed by atoms with Gasteiger partial charge in [-0.3, -0.25) is 4.79 Å². The molecule has 0 aromatic rings. The van der Waals surface area contributed by atoms with E-state index in [1.165, 1.54) is 0 Å². The Hall–Kier alpha value is -1.23. The van der Waals surface area contributed by atoms with Gasteiger partial charge >= 0.3 is 0 Å². The van der Waals surface area contributed by atoms with Crippen LogP contribution in [0.2, 0.25) is 0 Å². The molecule has 1 atom stereocenters. The number of carbonyl (C=O) groups excluding carboxylic acids is 1. The summed E-state index contributed by atoms with van der Waals surface area (Å²) in [5.41, 5.74) is 0. The van der Waals surface area contributed by atoms with Crippen molar-refractivity contribution in [2.75, 3.05) is 0 Å². The molecule has 0 saturated heterocycles. The van der Waals surface area contributed by atoms with Gasteiger partial charge in [-0.15, -0.1) is 0 Å². The fourth-order valence-corrected chi connectivity index (χ4v) is 1.26. The Morgan fingerprint density at radius 3 is 3.00 bits per heavy atom. The van der Waals surface area contributed by atoms with Crippen LogP contribution in [0, 0.1) is 11.8 Å². The monoisotopic (exact) mass is 163 g/mol. The van der Waals surface area contributed by atoms with Crippen molar-refractivity contribution in [2.45, 2.75) is 32.2 Å². The van der Waals surface area contributed by atoms with Gasteiger partial charge in [-0.25, -0.2) is 0 Å². The van der Waals surface area contributed by atoms with Gasteiger partial charge in [0.05, 0.1) is 0 Å². The first-order valence-electron chi connectivity index (χ1n) is 4.21. The Morgan fingerprint density at radius 2 is 2.42 bits per heavy atom. The van der Waals surface area contributed by atoms with Crippen LogP contribution < -0.4 is 5.32 Å².